The lowest BCUT2D eigenvalue weighted by molar-refractivity contribution is -0.142. The fraction of sp³-hybridized carbons (Fsp3) is 0.833. The van der Waals surface area contributed by atoms with Crippen molar-refractivity contribution in [3.05, 3.63) is 0 Å². The smallest absolute Gasteiger partial charge is 0.235 e. The highest BCUT2D eigenvalue weighted by Crippen LogP contribution is 2.46. The van der Waals surface area contributed by atoms with Gasteiger partial charge in [-0.05, 0) is 12.8 Å². The molecular weight excluding hydrogens is 222 g/mol. The number of amides is 2. The number of nitrogens with zero attached hydrogens (tertiary/aromatic N) is 1. The lowest BCUT2D eigenvalue weighted by Gasteiger charge is -2.20. The zero-order valence-corrected chi connectivity index (χ0v) is 9.98. The SMILES string of the molecule is O=C1CC2(CCCC2)C(=O)N1CCOCCO. The van der Waals surface area contributed by atoms with Crippen LogP contribution in [0.25, 0.3) is 0 Å². The molecule has 2 fully saturated rings. The van der Waals surface area contributed by atoms with Crippen molar-refractivity contribution in [2.75, 3.05) is 26.4 Å². The molecule has 2 aliphatic rings. The fourth-order valence-electron chi connectivity index (χ4n) is 2.85. The minimum absolute atomic E-state index is 0.00685. The van der Waals surface area contributed by atoms with E-state index in [9.17, 15) is 9.59 Å². The number of likely N-dealkylation sites (tertiary alicyclic amines) is 1. The normalized spacial score (nSPS) is 23.0. The van der Waals surface area contributed by atoms with Crippen LogP contribution in [0.15, 0.2) is 0 Å². The zero-order chi connectivity index (χ0) is 12.3. The van der Waals surface area contributed by atoms with Crippen LogP contribution in [0.2, 0.25) is 0 Å². The summed E-state index contributed by atoms with van der Waals surface area (Å²) in [6, 6.07) is 0. The Morgan fingerprint density at radius 1 is 1.24 bits per heavy atom. The summed E-state index contributed by atoms with van der Waals surface area (Å²) in [5.74, 6) is -0.0721. The molecule has 0 aromatic heterocycles. The summed E-state index contributed by atoms with van der Waals surface area (Å²) in [4.78, 5) is 25.3. The van der Waals surface area contributed by atoms with Gasteiger partial charge in [-0.15, -0.1) is 0 Å². The van der Waals surface area contributed by atoms with Crippen LogP contribution in [-0.4, -0.2) is 48.2 Å². The Morgan fingerprint density at radius 3 is 2.59 bits per heavy atom. The van der Waals surface area contributed by atoms with Crippen LogP contribution < -0.4 is 0 Å². The van der Waals surface area contributed by atoms with Gasteiger partial charge in [-0.1, -0.05) is 12.8 Å². The average molecular weight is 241 g/mol. The third-order valence-corrected chi connectivity index (χ3v) is 3.75. The zero-order valence-electron chi connectivity index (χ0n) is 9.98. The van der Waals surface area contributed by atoms with Crippen LogP contribution in [0.5, 0.6) is 0 Å². The number of imide groups is 1. The van der Waals surface area contributed by atoms with Gasteiger partial charge in [0.25, 0.3) is 0 Å². The van der Waals surface area contributed by atoms with Gasteiger partial charge in [-0.25, -0.2) is 0 Å². The lowest BCUT2D eigenvalue weighted by Crippen LogP contribution is -2.36. The van der Waals surface area contributed by atoms with Crippen molar-refractivity contribution in [1.29, 1.82) is 0 Å². The number of aliphatic hydroxyl groups excluding tert-OH is 1. The first-order valence-electron chi connectivity index (χ1n) is 6.23. The van der Waals surface area contributed by atoms with Crippen LogP contribution in [0, 0.1) is 5.41 Å². The summed E-state index contributed by atoms with van der Waals surface area (Å²) in [5, 5.41) is 8.56. The summed E-state index contributed by atoms with van der Waals surface area (Å²) in [5.41, 5.74) is -0.381. The predicted molar refractivity (Wildman–Crippen MR) is 60.1 cm³/mol. The first-order valence-corrected chi connectivity index (χ1v) is 6.23. The standard InChI is InChI=1S/C12H19NO4/c14-6-8-17-7-5-13-10(15)9-12(11(13)16)3-1-2-4-12/h14H,1-9H2. The highest BCUT2D eigenvalue weighted by Gasteiger charge is 2.52. The van der Waals surface area contributed by atoms with E-state index in [4.69, 9.17) is 9.84 Å². The van der Waals surface area contributed by atoms with E-state index in [0.717, 1.165) is 25.7 Å². The summed E-state index contributed by atoms with van der Waals surface area (Å²) in [7, 11) is 0. The van der Waals surface area contributed by atoms with Gasteiger partial charge < -0.3 is 9.84 Å². The van der Waals surface area contributed by atoms with Gasteiger partial charge in [0, 0.05) is 6.42 Å². The summed E-state index contributed by atoms with van der Waals surface area (Å²) in [6.45, 7) is 0.848. The summed E-state index contributed by atoms with van der Waals surface area (Å²) < 4.78 is 5.10. The molecular formula is C12H19NO4. The molecule has 1 N–H and O–H groups in total. The molecule has 1 spiro atoms. The molecule has 1 aliphatic heterocycles. The van der Waals surface area contributed by atoms with Crippen molar-refractivity contribution in [3.8, 4) is 0 Å². The van der Waals surface area contributed by atoms with Gasteiger partial charge in [0.05, 0.1) is 31.8 Å². The molecule has 0 aromatic carbocycles. The summed E-state index contributed by atoms with van der Waals surface area (Å²) >= 11 is 0. The molecule has 1 heterocycles. The second-order valence-corrected chi connectivity index (χ2v) is 4.85. The minimum Gasteiger partial charge on any atom is -0.394 e. The van der Waals surface area contributed by atoms with Gasteiger partial charge in [-0.2, -0.15) is 0 Å². The fourth-order valence-corrected chi connectivity index (χ4v) is 2.85. The number of hydrogen-bond acceptors (Lipinski definition) is 4. The molecule has 2 amide bonds. The number of carbonyl (C=O) groups excluding carboxylic acids is 2. The van der Waals surface area contributed by atoms with E-state index in [1.165, 1.54) is 4.90 Å². The predicted octanol–water partition coefficient (Wildman–Crippen LogP) is 0.315. The number of aliphatic hydroxyl groups is 1. The van der Waals surface area contributed by atoms with Gasteiger partial charge in [0.15, 0.2) is 0 Å². The maximum Gasteiger partial charge on any atom is 0.235 e. The molecule has 1 saturated carbocycles. The number of hydrogen-bond donors (Lipinski definition) is 1. The van der Waals surface area contributed by atoms with Crippen molar-refractivity contribution in [3.63, 3.8) is 0 Å². The van der Waals surface area contributed by atoms with Crippen LogP contribution in [0.4, 0.5) is 0 Å². The Morgan fingerprint density at radius 2 is 1.94 bits per heavy atom. The van der Waals surface area contributed by atoms with Crippen LogP contribution in [-0.2, 0) is 14.3 Å². The van der Waals surface area contributed by atoms with Crippen molar-refractivity contribution >= 4 is 11.8 Å². The van der Waals surface area contributed by atoms with E-state index in [1.807, 2.05) is 0 Å². The van der Waals surface area contributed by atoms with E-state index in [-0.39, 0.29) is 30.4 Å². The molecule has 0 radical (unpaired) electrons. The van der Waals surface area contributed by atoms with Gasteiger partial charge in [0.1, 0.15) is 0 Å². The van der Waals surface area contributed by atoms with Crippen molar-refractivity contribution in [2.45, 2.75) is 32.1 Å². The Balaban J connectivity index is 1.90. The number of ether oxygens (including phenoxy) is 1. The largest absolute Gasteiger partial charge is 0.394 e. The number of carbonyl (C=O) groups is 2. The molecule has 0 atom stereocenters. The maximum atomic E-state index is 12.2. The molecule has 0 unspecified atom stereocenters. The van der Waals surface area contributed by atoms with Gasteiger partial charge in [0.2, 0.25) is 11.8 Å². The third kappa shape index (κ3) is 2.35. The van der Waals surface area contributed by atoms with Crippen molar-refractivity contribution < 1.29 is 19.4 Å². The van der Waals surface area contributed by atoms with Crippen LogP contribution >= 0.6 is 0 Å². The minimum atomic E-state index is -0.381. The maximum absolute atomic E-state index is 12.2. The van der Waals surface area contributed by atoms with E-state index in [0.29, 0.717) is 19.6 Å². The molecule has 17 heavy (non-hydrogen) atoms. The van der Waals surface area contributed by atoms with E-state index in [2.05, 4.69) is 0 Å². The molecule has 5 nitrogen and oxygen atoms in total. The molecule has 0 bridgehead atoms. The van der Waals surface area contributed by atoms with Crippen LogP contribution in [0.1, 0.15) is 32.1 Å². The van der Waals surface area contributed by atoms with Crippen molar-refractivity contribution in [1.82, 2.24) is 4.90 Å². The highest BCUT2D eigenvalue weighted by atomic mass is 16.5. The second kappa shape index (κ2) is 5.14. The second-order valence-electron chi connectivity index (χ2n) is 4.85. The van der Waals surface area contributed by atoms with Gasteiger partial charge >= 0.3 is 0 Å². The van der Waals surface area contributed by atoms with E-state index >= 15 is 0 Å². The molecule has 5 heteroatoms. The van der Waals surface area contributed by atoms with Crippen LogP contribution in [0.3, 0.4) is 0 Å². The first kappa shape index (κ1) is 12.5. The third-order valence-electron chi connectivity index (χ3n) is 3.75. The molecule has 96 valence electrons. The topological polar surface area (TPSA) is 66.8 Å². The Hall–Kier alpha value is -0.940. The first-order chi connectivity index (χ1) is 8.19. The Labute approximate surface area is 101 Å². The van der Waals surface area contributed by atoms with Crippen molar-refractivity contribution in [2.24, 2.45) is 5.41 Å². The van der Waals surface area contributed by atoms with E-state index < -0.39 is 0 Å². The average Bonchev–Trinajstić information content (AvgIpc) is 2.85. The Kier molecular flexibility index (Phi) is 3.79. The lowest BCUT2D eigenvalue weighted by atomic mass is 9.84. The number of rotatable bonds is 5. The molecule has 2 rings (SSSR count). The molecule has 0 aromatic rings. The molecule has 1 saturated heterocycles. The quantitative estimate of drug-likeness (QED) is 0.556. The monoisotopic (exact) mass is 241 g/mol. The summed E-state index contributed by atoms with van der Waals surface area (Å²) in [6.07, 6.45) is 4.19. The molecule has 1 aliphatic carbocycles. The Bertz CT molecular complexity index is 310. The van der Waals surface area contributed by atoms with Gasteiger partial charge in [-0.3, -0.25) is 14.5 Å². The highest BCUT2D eigenvalue weighted by molar-refractivity contribution is 6.06. The van der Waals surface area contributed by atoms with E-state index in [1.54, 1.807) is 0 Å².